The molecule has 2 aromatic rings. The fourth-order valence-electron chi connectivity index (χ4n) is 1.33. The van der Waals surface area contributed by atoms with Gasteiger partial charge in [-0.3, -0.25) is 0 Å². The molecular formula is C10H9BrS. The first-order valence-electron chi connectivity index (χ1n) is 3.97. The van der Waals surface area contributed by atoms with Gasteiger partial charge in [-0.25, -0.2) is 0 Å². The fraction of sp³-hybridized carbons (Fsp3) is 0.200. The van der Waals surface area contributed by atoms with E-state index in [0.717, 1.165) is 6.42 Å². The Morgan fingerprint density at radius 2 is 2.17 bits per heavy atom. The molecule has 0 aliphatic carbocycles. The molecule has 0 spiro atoms. The highest BCUT2D eigenvalue weighted by Crippen LogP contribution is 2.31. The van der Waals surface area contributed by atoms with Crippen LogP contribution in [0.25, 0.3) is 10.1 Å². The Kier molecular flexibility index (Phi) is 2.20. The first kappa shape index (κ1) is 8.27. The lowest BCUT2D eigenvalue weighted by molar-refractivity contribution is 1.14. The van der Waals surface area contributed by atoms with Crippen molar-refractivity contribution in [3.63, 3.8) is 0 Å². The molecule has 1 aromatic carbocycles. The first-order valence-corrected chi connectivity index (χ1v) is 5.64. The zero-order valence-electron chi connectivity index (χ0n) is 6.80. The van der Waals surface area contributed by atoms with Crippen LogP contribution >= 0.6 is 27.3 Å². The van der Waals surface area contributed by atoms with Gasteiger partial charge in [-0.2, -0.15) is 0 Å². The van der Waals surface area contributed by atoms with Crippen molar-refractivity contribution in [1.82, 2.24) is 0 Å². The highest BCUT2D eigenvalue weighted by atomic mass is 79.9. The maximum absolute atomic E-state index is 3.63. The van der Waals surface area contributed by atoms with Crippen LogP contribution in [0.1, 0.15) is 12.5 Å². The number of halogens is 1. The number of benzene rings is 1. The molecule has 0 unspecified atom stereocenters. The lowest BCUT2D eigenvalue weighted by atomic mass is 10.1. The Bertz CT molecular complexity index is 403. The number of hydrogen-bond acceptors (Lipinski definition) is 1. The van der Waals surface area contributed by atoms with E-state index in [4.69, 9.17) is 0 Å². The molecule has 2 rings (SSSR count). The van der Waals surface area contributed by atoms with E-state index in [-0.39, 0.29) is 0 Å². The third-order valence-corrected chi connectivity index (χ3v) is 3.85. The maximum atomic E-state index is 3.63. The molecule has 0 bridgehead atoms. The summed E-state index contributed by atoms with van der Waals surface area (Å²) in [5, 5.41) is 3.48. The summed E-state index contributed by atoms with van der Waals surface area (Å²) in [6.45, 7) is 2.18. The summed E-state index contributed by atoms with van der Waals surface area (Å²) in [7, 11) is 0. The van der Waals surface area contributed by atoms with Gasteiger partial charge in [0.2, 0.25) is 0 Å². The third kappa shape index (κ3) is 1.19. The predicted octanol–water partition coefficient (Wildman–Crippen LogP) is 4.23. The van der Waals surface area contributed by atoms with Crippen LogP contribution in [-0.2, 0) is 6.42 Å². The van der Waals surface area contributed by atoms with E-state index in [9.17, 15) is 0 Å². The molecule has 0 radical (unpaired) electrons. The quantitative estimate of drug-likeness (QED) is 0.701. The summed E-state index contributed by atoms with van der Waals surface area (Å²) in [6.07, 6.45) is 1.09. The van der Waals surface area contributed by atoms with Crippen molar-refractivity contribution in [2.45, 2.75) is 13.3 Å². The number of thiophene rings is 1. The molecule has 1 aromatic heterocycles. The van der Waals surface area contributed by atoms with E-state index in [2.05, 4.69) is 46.4 Å². The standard InChI is InChI=1S/C10H9BrS/c1-2-7-3-4-9-8(10(7)11)5-6-12-9/h3-6H,2H2,1H3. The van der Waals surface area contributed by atoms with E-state index in [1.807, 2.05) is 0 Å². The normalized spacial score (nSPS) is 10.8. The zero-order chi connectivity index (χ0) is 8.55. The molecule has 0 fully saturated rings. The molecule has 1 heterocycles. The predicted molar refractivity (Wildman–Crippen MR) is 58.9 cm³/mol. The Labute approximate surface area is 84.4 Å². The van der Waals surface area contributed by atoms with Crippen molar-refractivity contribution >= 4 is 37.4 Å². The molecule has 12 heavy (non-hydrogen) atoms. The van der Waals surface area contributed by atoms with E-state index in [0.29, 0.717) is 0 Å². The van der Waals surface area contributed by atoms with Gasteiger partial charge in [0.15, 0.2) is 0 Å². The largest absolute Gasteiger partial charge is 0.144 e. The van der Waals surface area contributed by atoms with Crippen LogP contribution in [0.5, 0.6) is 0 Å². The molecule has 0 amide bonds. The number of rotatable bonds is 1. The first-order chi connectivity index (χ1) is 5.83. The van der Waals surface area contributed by atoms with E-state index in [1.165, 1.54) is 20.1 Å². The summed E-state index contributed by atoms with van der Waals surface area (Å²) >= 11 is 5.42. The monoisotopic (exact) mass is 240 g/mol. The zero-order valence-corrected chi connectivity index (χ0v) is 9.21. The van der Waals surface area contributed by atoms with E-state index < -0.39 is 0 Å². The minimum absolute atomic E-state index is 1.09. The van der Waals surface area contributed by atoms with Crippen molar-refractivity contribution in [3.05, 3.63) is 33.6 Å². The van der Waals surface area contributed by atoms with Crippen LogP contribution in [0.4, 0.5) is 0 Å². The second-order valence-electron chi connectivity index (χ2n) is 2.72. The Morgan fingerprint density at radius 3 is 2.92 bits per heavy atom. The van der Waals surface area contributed by atoms with Crippen LogP contribution in [0.15, 0.2) is 28.1 Å². The number of hydrogen-bond donors (Lipinski definition) is 0. The average molecular weight is 241 g/mol. The summed E-state index contributed by atoms with van der Waals surface area (Å²) in [6, 6.07) is 6.57. The van der Waals surface area contributed by atoms with E-state index in [1.54, 1.807) is 11.3 Å². The Hall–Kier alpha value is -0.340. The van der Waals surface area contributed by atoms with Gasteiger partial charge >= 0.3 is 0 Å². The third-order valence-electron chi connectivity index (χ3n) is 2.03. The molecular weight excluding hydrogens is 232 g/mol. The van der Waals surface area contributed by atoms with Gasteiger partial charge < -0.3 is 0 Å². The van der Waals surface area contributed by atoms with Crippen molar-refractivity contribution in [3.8, 4) is 0 Å². The van der Waals surface area contributed by atoms with Crippen molar-refractivity contribution in [2.24, 2.45) is 0 Å². The van der Waals surface area contributed by atoms with Crippen LogP contribution in [0, 0.1) is 0 Å². The van der Waals surface area contributed by atoms with Gasteiger partial charge in [0.05, 0.1) is 0 Å². The minimum atomic E-state index is 1.09. The second-order valence-corrected chi connectivity index (χ2v) is 4.47. The number of fused-ring (bicyclic) bond motifs is 1. The van der Waals surface area contributed by atoms with Gasteiger partial charge in [-0.1, -0.05) is 13.0 Å². The summed E-state index contributed by atoms with van der Waals surface area (Å²) in [5.41, 5.74) is 1.39. The second kappa shape index (κ2) is 3.19. The van der Waals surface area contributed by atoms with Crippen LogP contribution in [0.2, 0.25) is 0 Å². The Morgan fingerprint density at radius 1 is 1.33 bits per heavy atom. The lowest BCUT2D eigenvalue weighted by Crippen LogP contribution is -1.80. The molecule has 0 nitrogen and oxygen atoms in total. The van der Waals surface area contributed by atoms with Gasteiger partial charge in [-0.15, -0.1) is 11.3 Å². The smallest absolute Gasteiger partial charge is 0.0354 e. The van der Waals surface area contributed by atoms with Crippen LogP contribution < -0.4 is 0 Å². The minimum Gasteiger partial charge on any atom is -0.144 e. The average Bonchev–Trinajstić information content (AvgIpc) is 2.53. The SMILES string of the molecule is CCc1ccc2sccc2c1Br. The van der Waals surface area contributed by atoms with Crippen LogP contribution in [-0.4, -0.2) is 0 Å². The van der Waals surface area contributed by atoms with Crippen LogP contribution in [0.3, 0.4) is 0 Å². The van der Waals surface area contributed by atoms with Gasteiger partial charge in [0.25, 0.3) is 0 Å². The fourth-order valence-corrected chi connectivity index (χ4v) is 3.01. The molecule has 0 aliphatic heterocycles. The molecule has 0 N–H and O–H groups in total. The molecule has 0 saturated carbocycles. The molecule has 0 saturated heterocycles. The van der Waals surface area contributed by atoms with Crippen molar-refractivity contribution in [2.75, 3.05) is 0 Å². The molecule has 0 aliphatic rings. The summed E-state index contributed by atoms with van der Waals surface area (Å²) in [4.78, 5) is 0. The van der Waals surface area contributed by atoms with Crippen molar-refractivity contribution < 1.29 is 0 Å². The highest BCUT2D eigenvalue weighted by molar-refractivity contribution is 9.10. The van der Waals surface area contributed by atoms with Crippen molar-refractivity contribution in [1.29, 1.82) is 0 Å². The van der Waals surface area contributed by atoms with Gasteiger partial charge in [-0.05, 0) is 45.4 Å². The maximum Gasteiger partial charge on any atom is 0.0354 e. The molecule has 62 valence electrons. The molecule has 2 heteroatoms. The Balaban J connectivity index is 2.78. The van der Waals surface area contributed by atoms with Gasteiger partial charge in [0, 0.05) is 14.6 Å². The lowest BCUT2D eigenvalue weighted by Gasteiger charge is -2.01. The summed E-state index contributed by atoms with van der Waals surface area (Å²) in [5.74, 6) is 0. The topological polar surface area (TPSA) is 0 Å². The highest BCUT2D eigenvalue weighted by Gasteiger charge is 2.03. The molecule has 0 atom stereocenters. The van der Waals surface area contributed by atoms with E-state index >= 15 is 0 Å². The summed E-state index contributed by atoms with van der Waals surface area (Å²) < 4.78 is 2.63. The number of aryl methyl sites for hydroxylation is 1. The van der Waals surface area contributed by atoms with Gasteiger partial charge in [0.1, 0.15) is 0 Å².